The third-order valence-electron chi connectivity index (χ3n) is 2.96. The van der Waals surface area contributed by atoms with Gasteiger partial charge in [0.2, 0.25) is 0 Å². The predicted octanol–water partition coefficient (Wildman–Crippen LogP) is 2.87. The largest absolute Gasteiger partial charge is 0.493 e. The van der Waals surface area contributed by atoms with Crippen LogP contribution in [0.2, 0.25) is 0 Å². The lowest BCUT2D eigenvalue weighted by molar-refractivity contribution is -0.0107. The highest BCUT2D eigenvalue weighted by atomic mass is 16.5. The SMILES string of the molecule is COC(C)(C)CCOCCCOc1cccc(N)c1. The van der Waals surface area contributed by atoms with Crippen LogP contribution in [-0.2, 0) is 9.47 Å². The molecule has 0 heterocycles. The summed E-state index contributed by atoms with van der Waals surface area (Å²) in [5.41, 5.74) is 6.27. The van der Waals surface area contributed by atoms with Crippen LogP contribution in [0.25, 0.3) is 0 Å². The van der Waals surface area contributed by atoms with Crippen molar-refractivity contribution in [1.82, 2.24) is 0 Å². The van der Waals surface area contributed by atoms with E-state index >= 15 is 0 Å². The molecule has 0 unspecified atom stereocenters. The van der Waals surface area contributed by atoms with E-state index in [-0.39, 0.29) is 5.60 Å². The molecular formula is C15H25NO3. The minimum Gasteiger partial charge on any atom is -0.493 e. The van der Waals surface area contributed by atoms with Gasteiger partial charge >= 0.3 is 0 Å². The molecule has 0 fully saturated rings. The van der Waals surface area contributed by atoms with Crippen molar-refractivity contribution in [1.29, 1.82) is 0 Å². The smallest absolute Gasteiger partial charge is 0.121 e. The summed E-state index contributed by atoms with van der Waals surface area (Å²) >= 11 is 0. The van der Waals surface area contributed by atoms with Gasteiger partial charge in [0, 0.05) is 38.5 Å². The van der Waals surface area contributed by atoms with Crippen molar-refractivity contribution in [2.24, 2.45) is 0 Å². The quantitative estimate of drug-likeness (QED) is 0.552. The Morgan fingerprint density at radius 1 is 1.16 bits per heavy atom. The molecule has 1 aromatic rings. The molecule has 19 heavy (non-hydrogen) atoms. The maximum absolute atomic E-state index is 5.67. The molecule has 0 bridgehead atoms. The molecule has 0 aliphatic rings. The zero-order chi connectivity index (χ0) is 14.1. The molecule has 4 heteroatoms. The third kappa shape index (κ3) is 7.03. The minimum absolute atomic E-state index is 0.113. The molecule has 0 amide bonds. The summed E-state index contributed by atoms with van der Waals surface area (Å²) in [6.45, 7) is 6.15. The molecule has 0 atom stereocenters. The first kappa shape index (κ1) is 15.8. The lowest BCUT2D eigenvalue weighted by atomic mass is 10.1. The highest BCUT2D eigenvalue weighted by molar-refractivity contribution is 5.43. The van der Waals surface area contributed by atoms with Gasteiger partial charge in [-0.15, -0.1) is 0 Å². The van der Waals surface area contributed by atoms with E-state index in [2.05, 4.69) is 13.8 Å². The number of anilines is 1. The maximum atomic E-state index is 5.67. The number of ether oxygens (including phenoxy) is 3. The number of benzene rings is 1. The van der Waals surface area contributed by atoms with Crippen molar-refractivity contribution in [2.45, 2.75) is 32.3 Å². The summed E-state index contributed by atoms with van der Waals surface area (Å²) < 4.78 is 16.4. The first-order valence-electron chi connectivity index (χ1n) is 6.65. The van der Waals surface area contributed by atoms with Gasteiger partial charge in [-0.3, -0.25) is 0 Å². The van der Waals surface area contributed by atoms with Crippen LogP contribution in [-0.4, -0.2) is 32.5 Å². The van der Waals surface area contributed by atoms with Crippen LogP contribution in [0.5, 0.6) is 5.75 Å². The molecule has 0 aliphatic carbocycles. The molecule has 2 N–H and O–H groups in total. The van der Waals surface area contributed by atoms with Gasteiger partial charge < -0.3 is 19.9 Å². The Bertz CT molecular complexity index is 366. The average Bonchev–Trinajstić information content (AvgIpc) is 2.38. The number of rotatable bonds is 9. The zero-order valence-corrected chi connectivity index (χ0v) is 12.1. The van der Waals surface area contributed by atoms with E-state index in [1.807, 2.05) is 24.3 Å². The van der Waals surface area contributed by atoms with Crippen LogP contribution < -0.4 is 10.5 Å². The Labute approximate surface area is 115 Å². The van der Waals surface area contributed by atoms with Gasteiger partial charge in [0.25, 0.3) is 0 Å². The Hall–Kier alpha value is -1.26. The molecule has 108 valence electrons. The molecule has 0 saturated heterocycles. The lowest BCUT2D eigenvalue weighted by Gasteiger charge is -2.22. The summed E-state index contributed by atoms with van der Waals surface area (Å²) in [7, 11) is 1.72. The van der Waals surface area contributed by atoms with Crippen molar-refractivity contribution in [3.05, 3.63) is 24.3 Å². The van der Waals surface area contributed by atoms with Crippen LogP contribution in [0.4, 0.5) is 5.69 Å². The molecule has 0 aromatic heterocycles. The van der Waals surface area contributed by atoms with E-state index in [0.29, 0.717) is 19.8 Å². The number of hydrogen-bond acceptors (Lipinski definition) is 4. The van der Waals surface area contributed by atoms with E-state index in [1.165, 1.54) is 0 Å². The van der Waals surface area contributed by atoms with Gasteiger partial charge in [0.1, 0.15) is 5.75 Å². The molecule has 1 aromatic carbocycles. The summed E-state index contributed by atoms with van der Waals surface area (Å²) in [4.78, 5) is 0. The zero-order valence-electron chi connectivity index (χ0n) is 12.1. The highest BCUT2D eigenvalue weighted by Gasteiger charge is 2.15. The molecule has 0 radical (unpaired) electrons. The normalized spacial score (nSPS) is 11.5. The molecule has 0 aliphatic heterocycles. The summed E-state index contributed by atoms with van der Waals surface area (Å²) in [5, 5.41) is 0. The fraction of sp³-hybridized carbons (Fsp3) is 0.600. The second-order valence-electron chi connectivity index (χ2n) is 5.10. The van der Waals surface area contributed by atoms with Crippen LogP contribution >= 0.6 is 0 Å². The first-order valence-corrected chi connectivity index (χ1v) is 6.65. The summed E-state index contributed by atoms with van der Waals surface area (Å²) in [5.74, 6) is 0.806. The van der Waals surface area contributed by atoms with Gasteiger partial charge in [-0.2, -0.15) is 0 Å². The Kier molecular flexibility index (Phi) is 6.67. The average molecular weight is 267 g/mol. The van der Waals surface area contributed by atoms with Crippen LogP contribution in [0, 0.1) is 0 Å². The van der Waals surface area contributed by atoms with Crippen molar-refractivity contribution in [2.75, 3.05) is 32.7 Å². The van der Waals surface area contributed by atoms with Crippen LogP contribution in [0.3, 0.4) is 0 Å². The van der Waals surface area contributed by atoms with Crippen molar-refractivity contribution in [3.63, 3.8) is 0 Å². The van der Waals surface area contributed by atoms with Gasteiger partial charge in [-0.25, -0.2) is 0 Å². The first-order chi connectivity index (χ1) is 9.03. The Morgan fingerprint density at radius 2 is 1.95 bits per heavy atom. The fourth-order valence-corrected chi connectivity index (χ4v) is 1.48. The van der Waals surface area contributed by atoms with E-state index in [4.69, 9.17) is 19.9 Å². The molecule has 1 rings (SSSR count). The Morgan fingerprint density at radius 3 is 2.63 bits per heavy atom. The molecule has 0 saturated carbocycles. The lowest BCUT2D eigenvalue weighted by Crippen LogP contribution is -2.24. The van der Waals surface area contributed by atoms with E-state index in [0.717, 1.165) is 24.3 Å². The number of nitrogens with two attached hydrogens (primary N) is 1. The van der Waals surface area contributed by atoms with Crippen LogP contribution in [0.15, 0.2) is 24.3 Å². The second kappa shape index (κ2) is 8.02. The fourth-order valence-electron chi connectivity index (χ4n) is 1.48. The van der Waals surface area contributed by atoms with Crippen molar-refractivity contribution >= 4 is 5.69 Å². The molecule has 0 spiro atoms. The molecule has 4 nitrogen and oxygen atoms in total. The van der Waals surface area contributed by atoms with E-state index < -0.39 is 0 Å². The molecular weight excluding hydrogens is 242 g/mol. The predicted molar refractivity (Wildman–Crippen MR) is 77.5 cm³/mol. The number of methoxy groups -OCH3 is 1. The monoisotopic (exact) mass is 267 g/mol. The van der Waals surface area contributed by atoms with E-state index in [9.17, 15) is 0 Å². The summed E-state index contributed by atoms with van der Waals surface area (Å²) in [6.07, 6.45) is 1.75. The standard InChI is InChI=1S/C15H25NO3/c1-15(2,17-3)8-11-18-9-5-10-19-14-7-4-6-13(16)12-14/h4,6-7,12H,5,8-11,16H2,1-3H3. The van der Waals surface area contributed by atoms with Crippen LogP contribution in [0.1, 0.15) is 26.7 Å². The van der Waals surface area contributed by atoms with E-state index in [1.54, 1.807) is 7.11 Å². The third-order valence-corrected chi connectivity index (χ3v) is 2.96. The van der Waals surface area contributed by atoms with Crippen molar-refractivity contribution < 1.29 is 14.2 Å². The second-order valence-corrected chi connectivity index (χ2v) is 5.10. The maximum Gasteiger partial charge on any atom is 0.121 e. The van der Waals surface area contributed by atoms with Gasteiger partial charge in [0.05, 0.1) is 12.2 Å². The van der Waals surface area contributed by atoms with Gasteiger partial charge in [-0.05, 0) is 32.4 Å². The van der Waals surface area contributed by atoms with Gasteiger partial charge in [-0.1, -0.05) is 6.07 Å². The highest BCUT2D eigenvalue weighted by Crippen LogP contribution is 2.15. The summed E-state index contributed by atoms with van der Waals surface area (Å²) in [6, 6.07) is 7.45. The topological polar surface area (TPSA) is 53.7 Å². The Balaban J connectivity index is 2.03. The number of hydrogen-bond donors (Lipinski definition) is 1. The van der Waals surface area contributed by atoms with Gasteiger partial charge in [0.15, 0.2) is 0 Å². The minimum atomic E-state index is -0.113. The number of nitrogen functional groups attached to an aromatic ring is 1. The van der Waals surface area contributed by atoms with Crippen molar-refractivity contribution in [3.8, 4) is 5.75 Å².